The molecular weight excluding hydrogens is 420 g/mol. The van der Waals surface area contributed by atoms with Gasteiger partial charge < -0.3 is 4.74 Å². The number of nitrogens with zero attached hydrogens (tertiary/aromatic N) is 3. The number of ether oxygens (including phenoxy) is 1. The van der Waals surface area contributed by atoms with Gasteiger partial charge in [-0.1, -0.05) is 11.6 Å². The summed E-state index contributed by atoms with van der Waals surface area (Å²) in [6.45, 7) is 3.77. The minimum Gasteiger partial charge on any atom is -0.497 e. The van der Waals surface area contributed by atoms with Crippen LogP contribution in [0.3, 0.4) is 0 Å². The minimum atomic E-state index is -0.219. The third-order valence-corrected chi connectivity index (χ3v) is 5.99. The van der Waals surface area contributed by atoms with Crippen LogP contribution in [0.4, 0.5) is 5.13 Å². The summed E-state index contributed by atoms with van der Waals surface area (Å²) in [6, 6.07) is 14.8. The standard InChI is InChI=1S/C22H19ClN4O2S/c1-13-20(23)14(2)27(26-13)17-8-4-16(5-9-17)21(28)25-22-24-19(12-30-22)15-6-10-18(29-3)11-7-15/h4-12H,1-3H3,(H,24,25,28). The van der Waals surface area contributed by atoms with Gasteiger partial charge in [-0.3, -0.25) is 10.1 Å². The Morgan fingerprint density at radius 3 is 2.40 bits per heavy atom. The van der Waals surface area contributed by atoms with Crippen molar-refractivity contribution in [2.75, 3.05) is 12.4 Å². The number of amides is 1. The average Bonchev–Trinajstić information content (AvgIpc) is 3.34. The van der Waals surface area contributed by atoms with Crippen LogP contribution in [-0.2, 0) is 0 Å². The van der Waals surface area contributed by atoms with E-state index in [0.717, 1.165) is 34.1 Å². The zero-order valence-corrected chi connectivity index (χ0v) is 18.2. The van der Waals surface area contributed by atoms with Gasteiger partial charge in [0.05, 0.1) is 34.9 Å². The number of rotatable bonds is 5. The number of thiazole rings is 1. The molecule has 0 atom stereocenters. The van der Waals surface area contributed by atoms with Crippen LogP contribution in [0.25, 0.3) is 16.9 Å². The number of hydrogen-bond donors (Lipinski definition) is 1. The Morgan fingerprint density at radius 1 is 1.10 bits per heavy atom. The Balaban J connectivity index is 1.47. The lowest BCUT2D eigenvalue weighted by molar-refractivity contribution is 0.102. The molecule has 0 aliphatic carbocycles. The molecule has 0 unspecified atom stereocenters. The van der Waals surface area contributed by atoms with E-state index >= 15 is 0 Å². The fourth-order valence-electron chi connectivity index (χ4n) is 3.02. The maximum atomic E-state index is 12.6. The average molecular weight is 439 g/mol. The van der Waals surface area contributed by atoms with E-state index in [1.807, 2.05) is 55.6 Å². The van der Waals surface area contributed by atoms with Gasteiger partial charge in [-0.2, -0.15) is 5.10 Å². The van der Waals surface area contributed by atoms with Gasteiger partial charge in [0.2, 0.25) is 0 Å². The van der Waals surface area contributed by atoms with Gasteiger partial charge in [-0.15, -0.1) is 11.3 Å². The summed E-state index contributed by atoms with van der Waals surface area (Å²) < 4.78 is 6.94. The third kappa shape index (κ3) is 3.94. The molecule has 2 heterocycles. The lowest BCUT2D eigenvalue weighted by atomic mass is 10.2. The molecule has 4 rings (SSSR count). The van der Waals surface area contributed by atoms with Gasteiger partial charge in [0, 0.05) is 16.5 Å². The normalized spacial score (nSPS) is 10.8. The molecule has 0 bridgehead atoms. The summed E-state index contributed by atoms with van der Waals surface area (Å²) in [5.74, 6) is 0.567. The Labute approximate surface area is 183 Å². The summed E-state index contributed by atoms with van der Waals surface area (Å²) in [4.78, 5) is 17.1. The van der Waals surface area contributed by atoms with E-state index in [1.165, 1.54) is 11.3 Å². The molecule has 0 saturated heterocycles. The monoisotopic (exact) mass is 438 g/mol. The van der Waals surface area contributed by atoms with Gasteiger partial charge in [0.1, 0.15) is 5.75 Å². The number of aromatic nitrogens is 3. The Kier molecular flexibility index (Phi) is 5.57. The van der Waals surface area contributed by atoms with E-state index < -0.39 is 0 Å². The van der Waals surface area contributed by atoms with Crippen LogP contribution in [0, 0.1) is 13.8 Å². The van der Waals surface area contributed by atoms with E-state index in [-0.39, 0.29) is 5.91 Å². The molecule has 6 nitrogen and oxygen atoms in total. The molecule has 0 saturated carbocycles. The molecule has 2 aromatic heterocycles. The summed E-state index contributed by atoms with van der Waals surface area (Å²) >= 11 is 7.60. The minimum absolute atomic E-state index is 0.219. The molecule has 0 aliphatic rings. The number of carbonyl (C=O) groups is 1. The number of benzene rings is 2. The molecule has 0 fully saturated rings. The second-order valence-corrected chi connectivity index (χ2v) is 7.90. The van der Waals surface area contributed by atoms with Crippen molar-refractivity contribution in [2.45, 2.75) is 13.8 Å². The topological polar surface area (TPSA) is 69.0 Å². The van der Waals surface area contributed by atoms with Crippen LogP contribution in [0.2, 0.25) is 5.02 Å². The van der Waals surface area contributed by atoms with Crippen LogP contribution in [0.5, 0.6) is 5.75 Å². The molecule has 1 amide bonds. The second-order valence-electron chi connectivity index (χ2n) is 6.66. The highest BCUT2D eigenvalue weighted by Gasteiger charge is 2.13. The fourth-order valence-corrected chi connectivity index (χ4v) is 3.86. The number of methoxy groups -OCH3 is 1. The zero-order valence-electron chi connectivity index (χ0n) is 16.6. The van der Waals surface area contributed by atoms with Gasteiger partial charge in [0.15, 0.2) is 5.13 Å². The SMILES string of the molecule is COc1ccc(-c2csc(NC(=O)c3ccc(-n4nc(C)c(Cl)c4C)cc3)n2)cc1. The summed E-state index contributed by atoms with van der Waals surface area (Å²) in [6.07, 6.45) is 0. The largest absolute Gasteiger partial charge is 0.497 e. The predicted octanol–water partition coefficient (Wildman–Crippen LogP) is 5.53. The molecule has 0 spiro atoms. The van der Waals surface area contributed by atoms with Crippen molar-refractivity contribution in [2.24, 2.45) is 0 Å². The number of aryl methyl sites for hydroxylation is 1. The van der Waals surface area contributed by atoms with E-state index in [9.17, 15) is 4.79 Å². The maximum absolute atomic E-state index is 12.6. The predicted molar refractivity (Wildman–Crippen MR) is 120 cm³/mol. The van der Waals surface area contributed by atoms with Crippen molar-refractivity contribution in [1.29, 1.82) is 0 Å². The highest BCUT2D eigenvalue weighted by molar-refractivity contribution is 7.14. The second kappa shape index (κ2) is 8.30. The van der Waals surface area contributed by atoms with Crippen molar-refractivity contribution in [3.8, 4) is 22.7 Å². The molecule has 2 aromatic carbocycles. The summed E-state index contributed by atoms with van der Waals surface area (Å²) in [7, 11) is 1.63. The first kappa shape index (κ1) is 20.1. The molecule has 0 radical (unpaired) electrons. The van der Waals surface area contributed by atoms with Gasteiger partial charge in [-0.05, 0) is 62.4 Å². The third-order valence-electron chi connectivity index (χ3n) is 4.69. The van der Waals surface area contributed by atoms with Crippen LogP contribution < -0.4 is 10.1 Å². The number of carbonyl (C=O) groups excluding carboxylic acids is 1. The quantitative estimate of drug-likeness (QED) is 0.445. The first-order chi connectivity index (χ1) is 14.5. The van der Waals surface area contributed by atoms with Crippen molar-refractivity contribution in [3.05, 3.63) is 75.9 Å². The Morgan fingerprint density at radius 2 is 1.80 bits per heavy atom. The highest BCUT2D eigenvalue weighted by Crippen LogP contribution is 2.27. The van der Waals surface area contributed by atoms with E-state index in [1.54, 1.807) is 23.9 Å². The van der Waals surface area contributed by atoms with Crippen LogP contribution in [-0.4, -0.2) is 27.8 Å². The smallest absolute Gasteiger partial charge is 0.257 e. The Bertz CT molecular complexity index is 1200. The number of anilines is 1. The van der Waals surface area contributed by atoms with Crippen LogP contribution in [0.15, 0.2) is 53.9 Å². The lowest BCUT2D eigenvalue weighted by Crippen LogP contribution is -2.12. The first-order valence-corrected chi connectivity index (χ1v) is 10.5. The number of hydrogen-bond acceptors (Lipinski definition) is 5. The van der Waals surface area contributed by atoms with Crippen LogP contribution in [0.1, 0.15) is 21.7 Å². The summed E-state index contributed by atoms with van der Waals surface area (Å²) in [5.41, 5.74) is 4.77. The van der Waals surface area contributed by atoms with Crippen molar-refractivity contribution < 1.29 is 9.53 Å². The van der Waals surface area contributed by atoms with E-state index in [0.29, 0.717) is 15.7 Å². The van der Waals surface area contributed by atoms with Gasteiger partial charge >= 0.3 is 0 Å². The van der Waals surface area contributed by atoms with Crippen molar-refractivity contribution in [1.82, 2.24) is 14.8 Å². The molecule has 152 valence electrons. The maximum Gasteiger partial charge on any atom is 0.257 e. The zero-order chi connectivity index (χ0) is 21.3. The van der Waals surface area contributed by atoms with Crippen molar-refractivity contribution in [3.63, 3.8) is 0 Å². The van der Waals surface area contributed by atoms with Crippen molar-refractivity contribution >= 4 is 34.0 Å². The fraction of sp³-hybridized carbons (Fsp3) is 0.136. The van der Waals surface area contributed by atoms with Gasteiger partial charge in [0.25, 0.3) is 5.91 Å². The Hall–Kier alpha value is -3.16. The molecule has 8 heteroatoms. The summed E-state index contributed by atoms with van der Waals surface area (Å²) in [5, 5.41) is 10.4. The van der Waals surface area contributed by atoms with Gasteiger partial charge in [-0.25, -0.2) is 9.67 Å². The number of halogens is 1. The van der Waals surface area contributed by atoms with E-state index in [2.05, 4.69) is 15.4 Å². The molecule has 4 aromatic rings. The molecule has 1 N–H and O–H groups in total. The van der Waals surface area contributed by atoms with Crippen LogP contribution >= 0.6 is 22.9 Å². The molecule has 0 aliphatic heterocycles. The first-order valence-electron chi connectivity index (χ1n) is 9.19. The van der Waals surface area contributed by atoms with E-state index in [4.69, 9.17) is 16.3 Å². The number of nitrogens with one attached hydrogen (secondary N) is 1. The lowest BCUT2D eigenvalue weighted by Gasteiger charge is -2.06. The molecule has 30 heavy (non-hydrogen) atoms. The highest BCUT2D eigenvalue weighted by atomic mass is 35.5. The molecular formula is C22H19ClN4O2S.